The maximum absolute atomic E-state index is 6.39. The van der Waals surface area contributed by atoms with Gasteiger partial charge in [0.05, 0.1) is 22.1 Å². The molecule has 0 spiro atoms. The first-order chi connectivity index (χ1) is 26.3. The van der Waals surface area contributed by atoms with Crippen molar-refractivity contribution < 1.29 is 4.42 Å². The second-order valence-corrected chi connectivity index (χ2v) is 13.6. The van der Waals surface area contributed by atoms with E-state index < -0.39 is 0 Å². The van der Waals surface area contributed by atoms with Crippen molar-refractivity contribution in [3.63, 3.8) is 0 Å². The van der Waals surface area contributed by atoms with Gasteiger partial charge in [-0.1, -0.05) is 115 Å². The molecular formula is C49H31N3O. The molecule has 0 aliphatic rings. The van der Waals surface area contributed by atoms with E-state index >= 15 is 0 Å². The average molecular weight is 678 g/mol. The molecule has 248 valence electrons. The summed E-state index contributed by atoms with van der Waals surface area (Å²) in [6.45, 7) is 0. The Hall–Kier alpha value is -7.17. The maximum Gasteiger partial charge on any atom is 0.145 e. The summed E-state index contributed by atoms with van der Waals surface area (Å²) in [4.78, 5) is 5.06. The Morgan fingerprint density at radius 3 is 1.45 bits per heavy atom. The van der Waals surface area contributed by atoms with Gasteiger partial charge in [-0.15, -0.1) is 0 Å². The van der Waals surface area contributed by atoms with Gasteiger partial charge < -0.3 is 8.98 Å². The Kier molecular flexibility index (Phi) is 6.52. The van der Waals surface area contributed by atoms with Crippen molar-refractivity contribution in [2.24, 2.45) is 0 Å². The third kappa shape index (κ3) is 4.73. The number of imidazole rings is 1. The molecule has 8 aromatic carbocycles. The second kappa shape index (κ2) is 11.7. The molecule has 0 radical (unpaired) electrons. The van der Waals surface area contributed by atoms with Crippen molar-refractivity contribution >= 4 is 54.8 Å². The molecule has 3 aromatic heterocycles. The Morgan fingerprint density at radius 2 is 0.830 bits per heavy atom. The summed E-state index contributed by atoms with van der Waals surface area (Å²) in [6.07, 6.45) is 0. The third-order valence-corrected chi connectivity index (χ3v) is 10.5. The van der Waals surface area contributed by atoms with Crippen LogP contribution in [-0.2, 0) is 0 Å². The number of aromatic nitrogens is 3. The molecule has 4 heteroatoms. The van der Waals surface area contributed by atoms with E-state index in [0.29, 0.717) is 0 Å². The number of fused-ring (bicyclic) bond motifs is 7. The van der Waals surface area contributed by atoms with Gasteiger partial charge in [0.2, 0.25) is 0 Å². The van der Waals surface area contributed by atoms with Crippen LogP contribution in [0.2, 0.25) is 0 Å². The van der Waals surface area contributed by atoms with Crippen molar-refractivity contribution in [3.8, 4) is 45.0 Å². The second-order valence-electron chi connectivity index (χ2n) is 13.6. The van der Waals surface area contributed by atoms with E-state index in [4.69, 9.17) is 9.40 Å². The molecule has 4 nitrogen and oxygen atoms in total. The van der Waals surface area contributed by atoms with E-state index in [1.165, 1.54) is 21.8 Å². The Balaban J connectivity index is 1.01. The number of benzene rings is 8. The lowest BCUT2D eigenvalue weighted by Crippen LogP contribution is -1.97. The van der Waals surface area contributed by atoms with Crippen LogP contribution < -0.4 is 0 Å². The summed E-state index contributed by atoms with van der Waals surface area (Å²) in [5.41, 5.74) is 14.1. The van der Waals surface area contributed by atoms with Crippen LogP contribution in [0.4, 0.5) is 0 Å². The van der Waals surface area contributed by atoms with Gasteiger partial charge in [0, 0.05) is 38.5 Å². The van der Waals surface area contributed by atoms with Crippen LogP contribution in [0.1, 0.15) is 0 Å². The van der Waals surface area contributed by atoms with E-state index in [1.807, 2.05) is 12.1 Å². The van der Waals surface area contributed by atoms with Gasteiger partial charge in [0.25, 0.3) is 0 Å². The number of furan rings is 1. The molecule has 0 saturated carbocycles. The first-order valence-electron chi connectivity index (χ1n) is 18.0. The number of hydrogen-bond donors (Lipinski definition) is 0. The minimum atomic E-state index is 0.878. The van der Waals surface area contributed by atoms with Crippen molar-refractivity contribution in [3.05, 3.63) is 188 Å². The molecule has 0 unspecified atom stereocenters. The highest BCUT2D eigenvalue weighted by Crippen LogP contribution is 2.38. The molecule has 0 aliphatic heterocycles. The van der Waals surface area contributed by atoms with Gasteiger partial charge in [-0.05, 0) is 95.1 Å². The largest absolute Gasteiger partial charge is 0.456 e. The van der Waals surface area contributed by atoms with E-state index in [2.05, 4.69) is 185 Å². The highest BCUT2D eigenvalue weighted by Gasteiger charge is 2.17. The number of hydrogen-bond acceptors (Lipinski definition) is 2. The molecule has 0 saturated heterocycles. The predicted octanol–water partition coefficient (Wildman–Crippen LogP) is 13.0. The normalized spacial score (nSPS) is 11.8. The fraction of sp³-hybridized carbons (Fsp3) is 0. The van der Waals surface area contributed by atoms with Crippen molar-refractivity contribution in [2.75, 3.05) is 0 Å². The van der Waals surface area contributed by atoms with Crippen molar-refractivity contribution in [1.29, 1.82) is 0 Å². The van der Waals surface area contributed by atoms with E-state index in [9.17, 15) is 0 Å². The lowest BCUT2D eigenvalue weighted by atomic mass is 9.99. The van der Waals surface area contributed by atoms with Crippen LogP contribution >= 0.6 is 0 Å². The van der Waals surface area contributed by atoms with Crippen molar-refractivity contribution in [2.45, 2.75) is 0 Å². The maximum atomic E-state index is 6.39. The molecule has 53 heavy (non-hydrogen) atoms. The zero-order valence-corrected chi connectivity index (χ0v) is 28.6. The Labute approximate surface area is 305 Å². The molecule has 0 aliphatic carbocycles. The van der Waals surface area contributed by atoms with Gasteiger partial charge in [0.1, 0.15) is 17.0 Å². The first-order valence-corrected chi connectivity index (χ1v) is 18.0. The summed E-state index contributed by atoms with van der Waals surface area (Å²) < 4.78 is 11.0. The predicted molar refractivity (Wildman–Crippen MR) is 219 cm³/mol. The first kappa shape index (κ1) is 29.5. The zero-order chi connectivity index (χ0) is 34.9. The minimum absolute atomic E-state index is 0.878. The lowest BCUT2D eigenvalue weighted by Gasteiger charge is -2.12. The molecule has 11 rings (SSSR count). The molecular weight excluding hydrogens is 647 g/mol. The smallest absolute Gasteiger partial charge is 0.145 e. The van der Waals surface area contributed by atoms with Gasteiger partial charge >= 0.3 is 0 Å². The molecule has 0 bridgehead atoms. The number of nitrogens with zero attached hydrogens (tertiary/aromatic N) is 3. The Morgan fingerprint density at radius 1 is 0.340 bits per heavy atom. The molecule has 0 N–H and O–H groups in total. The minimum Gasteiger partial charge on any atom is -0.456 e. The number of para-hydroxylation sites is 4. The highest BCUT2D eigenvalue weighted by molar-refractivity contribution is 6.10. The fourth-order valence-electron chi connectivity index (χ4n) is 8.05. The van der Waals surface area contributed by atoms with Crippen molar-refractivity contribution in [1.82, 2.24) is 14.1 Å². The van der Waals surface area contributed by atoms with E-state index in [1.54, 1.807) is 0 Å². The molecule has 3 heterocycles. The van der Waals surface area contributed by atoms with Crippen LogP contribution in [0.15, 0.2) is 192 Å². The van der Waals surface area contributed by atoms with Gasteiger partial charge in [-0.2, -0.15) is 0 Å². The SMILES string of the molecule is c1ccc(-c2nc3ccccc3n2-c2cccc(-c3ccc4oc5ccc(-c6cccc(-n7c8ccccc8c8ccccc87)c6)cc5c4c3)c2)cc1. The van der Waals surface area contributed by atoms with Crippen LogP contribution in [0, 0.1) is 0 Å². The Bertz CT molecular complexity index is 3130. The van der Waals surface area contributed by atoms with Gasteiger partial charge in [0.15, 0.2) is 0 Å². The van der Waals surface area contributed by atoms with Gasteiger partial charge in [-0.25, -0.2) is 4.98 Å². The van der Waals surface area contributed by atoms with Crippen LogP contribution in [-0.4, -0.2) is 14.1 Å². The standard InChI is InChI=1S/C49H31N3O/c1-2-12-32(13-3-1)49-50-43-20-6-9-23-46(43)52(49)38-17-11-15-34(29-38)36-25-27-48-42(31-36)41-30-35(24-26-47(41)53-48)33-14-10-16-37(28-33)51-44-21-7-4-18-39(44)40-19-5-8-22-45(40)51/h1-31H. The third-order valence-electron chi connectivity index (χ3n) is 10.5. The lowest BCUT2D eigenvalue weighted by molar-refractivity contribution is 0.669. The molecule has 0 amide bonds. The summed E-state index contributed by atoms with van der Waals surface area (Å²) in [7, 11) is 0. The highest BCUT2D eigenvalue weighted by atomic mass is 16.3. The number of rotatable bonds is 5. The van der Waals surface area contributed by atoms with E-state index in [0.717, 1.165) is 78.0 Å². The zero-order valence-electron chi connectivity index (χ0n) is 28.6. The van der Waals surface area contributed by atoms with Gasteiger partial charge in [-0.3, -0.25) is 4.57 Å². The summed E-state index contributed by atoms with van der Waals surface area (Å²) in [6, 6.07) is 66.7. The van der Waals surface area contributed by atoms with E-state index in [-0.39, 0.29) is 0 Å². The van der Waals surface area contributed by atoms with Crippen LogP contribution in [0.25, 0.3) is 99.8 Å². The molecule has 0 atom stereocenters. The quantitative estimate of drug-likeness (QED) is 0.182. The molecule has 0 fully saturated rings. The monoisotopic (exact) mass is 677 g/mol. The van der Waals surface area contributed by atoms with Crippen LogP contribution in [0.5, 0.6) is 0 Å². The molecule has 11 aromatic rings. The average Bonchev–Trinajstić information content (AvgIpc) is 3.91. The summed E-state index contributed by atoms with van der Waals surface area (Å²) in [5, 5.41) is 4.72. The fourth-order valence-corrected chi connectivity index (χ4v) is 8.05. The topological polar surface area (TPSA) is 35.9 Å². The van der Waals surface area contributed by atoms with Crippen LogP contribution in [0.3, 0.4) is 0 Å². The summed E-state index contributed by atoms with van der Waals surface area (Å²) in [5.74, 6) is 0.926. The summed E-state index contributed by atoms with van der Waals surface area (Å²) >= 11 is 0.